The van der Waals surface area contributed by atoms with E-state index < -0.39 is 0 Å². The average molecular weight is 414 g/mol. The third-order valence-electron chi connectivity index (χ3n) is 5.12. The lowest BCUT2D eigenvalue weighted by atomic mass is 10.0. The number of hydrogen-bond acceptors (Lipinski definition) is 6. The first kappa shape index (κ1) is 19.9. The molecule has 2 aromatic carbocycles. The molecule has 1 atom stereocenters. The van der Waals surface area contributed by atoms with E-state index in [1.807, 2.05) is 24.3 Å². The van der Waals surface area contributed by atoms with Crippen LogP contribution in [0.15, 0.2) is 59.5 Å². The van der Waals surface area contributed by atoms with Crippen molar-refractivity contribution in [3.63, 3.8) is 0 Å². The van der Waals surface area contributed by atoms with Crippen LogP contribution in [0.1, 0.15) is 17.8 Å². The van der Waals surface area contributed by atoms with Crippen LogP contribution in [-0.2, 0) is 6.54 Å². The van der Waals surface area contributed by atoms with Crippen LogP contribution in [0.25, 0.3) is 10.2 Å². The number of fused-ring (bicyclic) bond motifs is 1. The van der Waals surface area contributed by atoms with Crippen molar-refractivity contribution in [1.82, 2.24) is 15.2 Å². The van der Waals surface area contributed by atoms with Gasteiger partial charge in [-0.25, -0.2) is 4.98 Å². The molecule has 1 fully saturated rings. The molecule has 0 bridgehead atoms. The average Bonchev–Trinajstić information content (AvgIpc) is 3.16. The van der Waals surface area contributed by atoms with Gasteiger partial charge in [0, 0.05) is 29.8 Å². The lowest BCUT2D eigenvalue weighted by Gasteiger charge is -2.33. The summed E-state index contributed by atoms with van der Waals surface area (Å²) in [6.45, 7) is 3.71. The number of aromatic nitrogens is 1. The van der Waals surface area contributed by atoms with E-state index in [9.17, 15) is 5.11 Å². The molecule has 28 heavy (non-hydrogen) atoms. The van der Waals surface area contributed by atoms with Crippen molar-refractivity contribution in [1.29, 1.82) is 0 Å². The van der Waals surface area contributed by atoms with Gasteiger partial charge in [-0.3, -0.25) is 0 Å². The van der Waals surface area contributed by atoms with Gasteiger partial charge in [0.2, 0.25) is 0 Å². The number of likely N-dealkylation sites (tertiary alicyclic amines) is 1. The minimum Gasteiger partial charge on any atom is -0.391 e. The fraction of sp³-hybridized carbons (Fsp3) is 0.409. The van der Waals surface area contributed by atoms with Gasteiger partial charge in [0.05, 0.1) is 16.3 Å². The van der Waals surface area contributed by atoms with Gasteiger partial charge in [0.15, 0.2) is 0 Å². The van der Waals surface area contributed by atoms with Crippen LogP contribution in [0.4, 0.5) is 0 Å². The van der Waals surface area contributed by atoms with E-state index in [0.29, 0.717) is 6.04 Å². The van der Waals surface area contributed by atoms with E-state index in [1.165, 1.54) is 9.60 Å². The first-order valence-electron chi connectivity index (χ1n) is 9.92. The summed E-state index contributed by atoms with van der Waals surface area (Å²) in [7, 11) is 0. The second kappa shape index (κ2) is 9.85. The number of rotatable bonds is 8. The molecule has 0 radical (unpaired) electrons. The lowest BCUT2D eigenvalue weighted by molar-refractivity contribution is 0.108. The maximum Gasteiger partial charge on any atom is 0.108 e. The number of piperidine rings is 1. The second-order valence-corrected chi connectivity index (χ2v) is 9.52. The van der Waals surface area contributed by atoms with Gasteiger partial charge in [-0.15, -0.1) is 23.1 Å². The zero-order valence-corrected chi connectivity index (χ0v) is 17.6. The zero-order valence-electron chi connectivity index (χ0n) is 16.0. The molecule has 1 aliphatic heterocycles. The van der Waals surface area contributed by atoms with Gasteiger partial charge < -0.3 is 15.3 Å². The van der Waals surface area contributed by atoms with Gasteiger partial charge in [-0.05, 0) is 50.2 Å². The Balaban J connectivity index is 1.16. The third-order valence-corrected chi connectivity index (χ3v) is 7.32. The van der Waals surface area contributed by atoms with Crippen molar-refractivity contribution in [3.8, 4) is 0 Å². The zero-order chi connectivity index (χ0) is 19.2. The lowest BCUT2D eigenvalue weighted by Crippen LogP contribution is -2.45. The summed E-state index contributed by atoms with van der Waals surface area (Å²) in [4.78, 5) is 8.32. The molecule has 0 spiro atoms. The number of β-amino-alcohol motifs (C(OH)–C–C–N with tert-alkyl or cyclic N) is 1. The highest BCUT2D eigenvalue weighted by Crippen LogP contribution is 2.22. The highest BCUT2D eigenvalue weighted by molar-refractivity contribution is 7.99. The summed E-state index contributed by atoms with van der Waals surface area (Å²) < 4.78 is 1.26. The fourth-order valence-electron chi connectivity index (χ4n) is 3.61. The van der Waals surface area contributed by atoms with Crippen molar-refractivity contribution in [2.45, 2.75) is 36.4 Å². The Morgan fingerprint density at radius 2 is 1.86 bits per heavy atom. The van der Waals surface area contributed by atoms with Crippen molar-refractivity contribution >= 4 is 33.3 Å². The molecule has 1 aliphatic rings. The molecule has 0 aliphatic carbocycles. The molecule has 1 saturated heterocycles. The van der Waals surface area contributed by atoms with Gasteiger partial charge in [0.25, 0.3) is 0 Å². The summed E-state index contributed by atoms with van der Waals surface area (Å²) in [6, 6.07) is 19.2. The molecule has 4 rings (SSSR count). The number of para-hydroxylation sites is 1. The maximum atomic E-state index is 10.4. The number of nitrogens with zero attached hydrogens (tertiary/aromatic N) is 2. The topological polar surface area (TPSA) is 48.4 Å². The molecule has 6 heteroatoms. The summed E-state index contributed by atoms with van der Waals surface area (Å²) in [5.41, 5.74) is 1.10. The third kappa shape index (κ3) is 5.55. The van der Waals surface area contributed by atoms with Crippen LogP contribution in [0.5, 0.6) is 0 Å². The summed E-state index contributed by atoms with van der Waals surface area (Å²) in [5, 5.41) is 15.2. The number of benzene rings is 2. The second-order valence-electron chi connectivity index (χ2n) is 7.31. The first-order valence-corrected chi connectivity index (χ1v) is 11.7. The number of hydrogen-bond donors (Lipinski definition) is 2. The van der Waals surface area contributed by atoms with Gasteiger partial charge in [-0.2, -0.15) is 0 Å². The molecular weight excluding hydrogens is 386 g/mol. The monoisotopic (exact) mass is 413 g/mol. The molecular formula is C22H27N3OS2. The van der Waals surface area contributed by atoms with E-state index in [0.717, 1.165) is 55.3 Å². The molecule has 148 valence electrons. The summed E-state index contributed by atoms with van der Waals surface area (Å²) in [5.74, 6) is 0.750. The highest BCUT2D eigenvalue weighted by Gasteiger charge is 2.21. The molecule has 2 N–H and O–H groups in total. The molecule has 3 aromatic rings. The van der Waals surface area contributed by atoms with E-state index in [-0.39, 0.29) is 6.10 Å². The standard InChI is InChI=1S/C22H27N3OS2/c26-18(16-27-19-6-2-1-3-7-19)15-25-12-10-17(11-13-25)23-14-22-24-20-8-4-5-9-21(20)28-22/h1-9,17-18,23,26H,10-16H2. The Morgan fingerprint density at radius 3 is 2.64 bits per heavy atom. The predicted octanol–water partition coefficient (Wildman–Crippen LogP) is 4.00. The number of aliphatic hydroxyl groups excluding tert-OH is 1. The van der Waals surface area contributed by atoms with Crippen LogP contribution in [0.3, 0.4) is 0 Å². The minimum atomic E-state index is -0.280. The smallest absolute Gasteiger partial charge is 0.108 e. The van der Waals surface area contributed by atoms with Crippen LogP contribution >= 0.6 is 23.1 Å². The van der Waals surface area contributed by atoms with Crippen molar-refractivity contribution in [2.75, 3.05) is 25.4 Å². The molecule has 4 nitrogen and oxygen atoms in total. The Labute approximate surface area is 175 Å². The van der Waals surface area contributed by atoms with Crippen LogP contribution in [-0.4, -0.2) is 52.5 Å². The van der Waals surface area contributed by atoms with Gasteiger partial charge >= 0.3 is 0 Å². The Kier molecular flexibility index (Phi) is 6.99. The first-order chi connectivity index (χ1) is 13.8. The predicted molar refractivity (Wildman–Crippen MR) is 119 cm³/mol. The largest absolute Gasteiger partial charge is 0.391 e. The van der Waals surface area contributed by atoms with E-state index in [4.69, 9.17) is 4.98 Å². The number of aliphatic hydroxyl groups is 1. The Bertz CT molecular complexity index is 829. The van der Waals surface area contributed by atoms with Crippen LogP contribution in [0.2, 0.25) is 0 Å². The Hall–Kier alpha value is -1.44. The highest BCUT2D eigenvalue weighted by atomic mass is 32.2. The number of nitrogens with one attached hydrogen (secondary N) is 1. The SMILES string of the molecule is OC(CSc1ccccc1)CN1CCC(NCc2nc3ccccc3s2)CC1. The summed E-state index contributed by atoms with van der Waals surface area (Å²) in [6.07, 6.45) is 1.98. The normalized spacial score (nSPS) is 17.2. The molecule has 1 aromatic heterocycles. The van der Waals surface area contributed by atoms with Crippen molar-refractivity contribution < 1.29 is 5.11 Å². The minimum absolute atomic E-state index is 0.280. The van der Waals surface area contributed by atoms with E-state index in [2.05, 4.69) is 40.5 Å². The number of thioether (sulfide) groups is 1. The van der Waals surface area contributed by atoms with Crippen LogP contribution < -0.4 is 5.32 Å². The van der Waals surface area contributed by atoms with E-state index >= 15 is 0 Å². The Morgan fingerprint density at radius 1 is 1.11 bits per heavy atom. The molecule has 0 amide bonds. The van der Waals surface area contributed by atoms with Crippen molar-refractivity contribution in [3.05, 3.63) is 59.6 Å². The number of thiazole rings is 1. The van der Waals surface area contributed by atoms with Gasteiger partial charge in [0.1, 0.15) is 5.01 Å². The van der Waals surface area contributed by atoms with Crippen LogP contribution in [0, 0.1) is 0 Å². The summed E-state index contributed by atoms with van der Waals surface area (Å²) >= 11 is 3.51. The molecule has 1 unspecified atom stereocenters. The fourth-order valence-corrected chi connectivity index (χ4v) is 5.36. The van der Waals surface area contributed by atoms with Gasteiger partial charge in [-0.1, -0.05) is 30.3 Å². The maximum absolute atomic E-state index is 10.4. The molecule has 2 heterocycles. The molecule has 0 saturated carbocycles. The quantitative estimate of drug-likeness (QED) is 0.547. The van der Waals surface area contributed by atoms with Crippen molar-refractivity contribution in [2.24, 2.45) is 0 Å². The van der Waals surface area contributed by atoms with E-state index in [1.54, 1.807) is 23.1 Å².